The van der Waals surface area contributed by atoms with Crippen molar-refractivity contribution < 1.29 is 14.3 Å². The standard InChI is InChI=1S/C26H35NO3/c1-7-8-14-29-24-16-20(4)26(21(5)17-24)30-15-10-12-22-11-9-13-23(18-22)25(19(2)3)27-28-6/h7-9,11,13,16-19H,10,12,14-15H2,1-6H3/b8-7+,27-25+. The Bertz CT molecular complexity index is 845. The van der Waals surface area contributed by atoms with Gasteiger partial charge >= 0.3 is 0 Å². The van der Waals surface area contributed by atoms with Crippen molar-refractivity contribution in [2.24, 2.45) is 11.1 Å². The number of benzene rings is 2. The molecule has 0 aliphatic rings. The topological polar surface area (TPSA) is 40.0 Å². The van der Waals surface area contributed by atoms with E-state index in [1.807, 2.05) is 31.2 Å². The van der Waals surface area contributed by atoms with Gasteiger partial charge in [-0.15, -0.1) is 0 Å². The molecular weight excluding hydrogens is 374 g/mol. The van der Waals surface area contributed by atoms with Crippen LogP contribution in [0.5, 0.6) is 11.5 Å². The predicted octanol–water partition coefficient (Wildman–Crippen LogP) is 6.28. The lowest BCUT2D eigenvalue weighted by atomic mass is 9.97. The van der Waals surface area contributed by atoms with Crippen molar-refractivity contribution in [3.63, 3.8) is 0 Å². The van der Waals surface area contributed by atoms with Crippen LogP contribution < -0.4 is 9.47 Å². The van der Waals surface area contributed by atoms with E-state index in [2.05, 4.69) is 57.1 Å². The van der Waals surface area contributed by atoms with Gasteiger partial charge in [0.25, 0.3) is 0 Å². The number of aryl methyl sites for hydroxylation is 3. The monoisotopic (exact) mass is 409 g/mol. The smallest absolute Gasteiger partial charge is 0.125 e. The average molecular weight is 410 g/mol. The zero-order valence-electron chi connectivity index (χ0n) is 19.2. The first-order valence-electron chi connectivity index (χ1n) is 10.6. The lowest BCUT2D eigenvalue weighted by Crippen LogP contribution is -2.10. The normalized spacial score (nSPS) is 11.9. The molecule has 0 fully saturated rings. The molecule has 0 aliphatic carbocycles. The van der Waals surface area contributed by atoms with E-state index in [9.17, 15) is 0 Å². The Labute approximate surface area is 181 Å². The van der Waals surface area contributed by atoms with Crippen molar-refractivity contribution in [2.75, 3.05) is 20.3 Å². The fraction of sp³-hybridized carbons (Fsp3) is 0.423. The molecule has 0 unspecified atom stereocenters. The van der Waals surface area contributed by atoms with Crippen LogP contribution in [-0.2, 0) is 11.3 Å². The molecular formula is C26H35NO3. The second kappa shape index (κ2) is 12.1. The minimum Gasteiger partial charge on any atom is -0.493 e. The molecule has 0 spiro atoms. The van der Waals surface area contributed by atoms with E-state index in [0.717, 1.165) is 46.7 Å². The highest BCUT2D eigenvalue weighted by atomic mass is 16.6. The molecule has 30 heavy (non-hydrogen) atoms. The van der Waals surface area contributed by atoms with E-state index in [1.54, 1.807) is 7.11 Å². The minimum atomic E-state index is 0.305. The molecule has 2 aromatic carbocycles. The summed E-state index contributed by atoms with van der Waals surface area (Å²) in [6, 6.07) is 12.6. The lowest BCUT2D eigenvalue weighted by Gasteiger charge is -2.15. The second-order valence-electron chi connectivity index (χ2n) is 7.73. The maximum Gasteiger partial charge on any atom is 0.125 e. The highest BCUT2D eigenvalue weighted by molar-refractivity contribution is 6.01. The van der Waals surface area contributed by atoms with Crippen molar-refractivity contribution in [3.8, 4) is 11.5 Å². The van der Waals surface area contributed by atoms with Crippen LogP contribution in [0, 0.1) is 19.8 Å². The Morgan fingerprint density at radius 1 is 1.07 bits per heavy atom. The second-order valence-corrected chi connectivity index (χ2v) is 7.73. The molecule has 0 atom stereocenters. The molecule has 2 aromatic rings. The zero-order valence-corrected chi connectivity index (χ0v) is 19.2. The molecule has 0 aromatic heterocycles. The molecule has 0 heterocycles. The Balaban J connectivity index is 1.94. The average Bonchev–Trinajstić information content (AvgIpc) is 2.71. The summed E-state index contributed by atoms with van der Waals surface area (Å²) in [7, 11) is 1.59. The van der Waals surface area contributed by atoms with Crippen LogP contribution in [0.15, 0.2) is 53.7 Å². The fourth-order valence-corrected chi connectivity index (χ4v) is 3.39. The summed E-state index contributed by atoms with van der Waals surface area (Å²) < 4.78 is 11.9. The number of hydrogen-bond acceptors (Lipinski definition) is 4. The highest BCUT2D eigenvalue weighted by Gasteiger charge is 2.11. The van der Waals surface area contributed by atoms with E-state index in [1.165, 1.54) is 5.56 Å². The third-order valence-electron chi connectivity index (χ3n) is 4.83. The summed E-state index contributed by atoms with van der Waals surface area (Å²) in [5.74, 6) is 2.14. The van der Waals surface area contributed by atoms with Crippen LogP contribution in [-0.4, -0.2) is 26.0 Å². The Hall–Kier alpha value is -2.75. The third-order valence-corrected chi connectivity index (χ3v) is 4.83. The minimum absolute atomic E-state index is 0.305. The molecule has 162 valence electrons. The summed E-state index contributed by atoms with van der Waals surface area (Å²) in [5.41, 5.74) is 5.57. The van der Waals surface area contributed by atoms with Gasteiger partial charge in [-0.1, -0.05) is 49.4 Å². The van der Waals surface area contributed by atoms with Crippen molar-refractivity contribution in [1.29, 1.82) is 0 Å². The number of oxime groups is 1. The molecule has 0 N–H and O–H groups in total. The molecule has 0 bridgehead atoms. The van der Waals surface area contributed by atoms with Gasteiger partial charge in [-0.3, -0.25) is 0 Å². The third kappa shape index (κ3) is 6.94. The van der Waals surface area contributed by atoms with Gasteiger partial charge in [-0.25, -0.2) is 0 Å². The number of allylic oxidation sites excluding steroid dienone is 1. The Morgan fingerprint density at radius 2 is 1.80 bits per heavy atom. The summed E-state index contributed by atoms with van der Waals surface area (Å²) in [6.07, 6.45) is 5.88. The molecule has 0 radical (unpaired) electrons. The van der Waals surface area contributed by atoms with E-state index in [-0.39, 0.29) is 0 Å². The van der Waals surface area contributed by atoms with Crippen molar-refractivity contribution in [2.45, 2.75) is 47.5 Å². The Morgan fingerprint density at radius 3 is 2.43 bits per heavy atom. The number of nitrogens with zero attached hydrogens (tertiary/aromatic N) is 1. The quantitative estimate of drug-likeness (QED) is 0.190. The van der Waals surface area contributed by atoms with Gasteiger partial charge in [0.2, 0.25) is 0 Å². The summed E-state index contributed by atoms with van der Waals surface area (Å²) in [6.45, 7) is 11.6. The largest absolute Gasteiger partial charge is 0.493 e. The van der Waals surface area contributed by atoms with Gasteiger partial charge in [-0.2, -0.15) is 0 Å². The van der Waals surface area contributed by atoms with Crippen LogP contribution in [0.1, 0.15) is 49.4 Å². The van der Waals surface area contributed by atoms with Crippen LogP contribution in [0.25, 0.3) is 0 Å². The van der Waals surface area contributed by atoms with Gasteiger partial charge in [0.15, 0.2) is 0 Å². The summed E-state index contributed by atoms with van der Waals surface area (Å²) in [4.78, 5) is 5.02. The molecule has 4 heteroatoms. The summed E-state index contributed by atoms with van der Waals surface area (Å²) in [5, 5.41) is 4.20. The van der Waals surface area contributed by atoms with Crippen molar-refractivity contribution in [1.82, 2.24) is 0 Å². The van der Waals surface area contributed by atoms with Gasteiger partial charge in [0, 0.05) is 0 Å². The first-order valence-corrected chi connectivity index (χ1v) is 10.6. The number of ether oxygens (including phenoxy) is 2. The van der Waals surface area contributed by atoms with E-state index in [4.69, 9.17) is 14.3 Å². The SMILES string of the molecule is C/C=C/COc1cc(C)c(OCCCc2cccc(/C(=N/OC)C(C)C)c2)c(C)c1. The van der Waals surface area contributed by atoms with Crippen LogP contribution in [0.4, 0.5) is 0 Å². The number of rotatable bonds is 11. The Kier molecular flexibility index (Phi) is 9.46. The first kappa shape index (κ1) is 23.5. The van der Waals surface area contributed by atoms with Gasteiger partial charge in [-0.05, 0) is 80.0 Å². The first-order chi connectivity index (χ1) is 14.5. The predicted molar refractivity (Wildman–Crippen MR) is 125 cm³/mol. The fourth-order valence-electron chi connectivity index (χ4n) is 3.39. The maximum absolute atomic E-state index is 6.11. The van der Waals surface area contributed by atoms with Crippen molar-refractivity contribution >= 4 is 5.71 Å². The number of hydrogen-bond donors (Lipinski definition) is 0. The molecule has 2 rings (SSSR count). The van der Waals surface area contributed by atoms with E-state index < -0.39 is 0 Å². The van der Waals surface area contributed by atoms with Crippen LogP contribution in [0.2, 0.25) is 0 Å². The maximum atomic E-state index is 6.11. The summed E-state index contributed by atoms with van der Waals surface area (Å²) >= 11 is 0. The van der Waals surface area contributed by atoms with Crippen molar-refractivity contribution in [3.05, 3.63) is 70.8 Å². The molecule has 4 nitrogen and oxygen atoms in total. The molecule has 0 saturated heterocycles. The lowest BCUT2D eigenvalue weighted by molar-refractivity contribution is 0.212. The van der Waals surface area contributed by atoms with E-state index >= 15 is 0 Å². The van der Waals surface area contributed by atoms with Crippen LogP contribution >= 0.6 is 0 Å². The molecule has 0 amide bonds. The van der Waals surface area contributed by atoms with Gasteiger partial charge in [0.1, 0.15) is 25.2 Å². The molecule has 0 aliphatic heterocycles. The zero-order chi connectivity index (χ0) is 21.9. The highest BCUT2D eigenvalue weighted by Crippen LogP contribution is 2.28. The van der Waals surface area contributed by atoms with E-state index in [0.29, 0.717) is 19.1 Å². The molecule has 0 saturated carbocycles. The van der Waals surface area contributed by atoms with Gasteiger partial charge in [0.05, 0.1) is 12.3 Å². The van der Waals surface area contributed by atoms with Crippen LogP contribution in [0.3, 0.4) is 0 Å². The van der Waals surface area contributed by atoms with Gasteiger partial charge < -0.3 is 14.3 Å².